The molecule has 1 unspecified atom stereocenters. The fraction of sp³-hybridized carbons (Fsp3) is 0.409. The number of sulfonamides is 1. The van der Waals surface area contributed by atoms with E-state index in [1.165, 1.54) is 0 Å². The van der Waals surface area contributed by atoms with Crippen molar-refractivity contribution in [3.05, 3.63) is 54.6 Å². The molecular weight excluding hydrogens is 388 g/mol. The molecule has 1 heterocycles. The summed E-state index contributed by atoms with van der Waals surface area (Å²) in [6, 6.07) is 15.9. The molecule has 2 aromatic carbocycles. The average molecular weight is 417 g/mol. The number of nitrogens with one attached hydrogen (secondary N) is 1. The van der Waals surface area contributed by atoms with Gasteiger partial charge >= 0.3 is 0 Å². The van der Waals surface area contributed by atoms with Crippen molar-refractivity contribution in [2.24, 2.45) is 5.92 Å². The third-order valence-corrected chi connectivity index (χ3v) is 6.84. The maximum Gasteiger partial charge on any atom is 0.243 e. The quantitative estimate of drug-likeness (QED) is 0.662. The van der Waals surface area contributed by atoms with Gasteiger partial charge in [-0.05, 0) is 61.6 Å². The first kappa shape index (κ1) is 21.3. The number of nitrogens with zero attached hydrogens (tertiary/aromatic N) is 1. The number of carbonyl (C=O) groups excluding carboxylic acids is 1. The van der Waals surface area contributed by atoms with Crippen LogP contribution in [0.15, 0.2) is 59.5 Å². The monoisotopic (exact) mass is 416 g/mol. The maximum atomic E-state index is 12.8. The molecule has 1 amide bonds. The molecule has 0 bridgehead atoms. The van der Waals surface area contributed by atoms with E-state index in [0.717, 1.165) is 18.6 Å². The lowest BCUT2D eigenvalue weighted by molar-refractivity contribution is -0.116. The lowest BCUT2D eigenvalue weighted by atomic mass is 10.0. The zero-order valence-corrected chi connectivity index (χ0v) is 17.5. The standard InChI is InChI=1S/C22H28N2O4S/c1-18-7-5-15-24(17-18)29(26,27)21-13-11-19(12-14-21)23-22(25)10-6-16-28-20-8-3-2-4-9-20/h2-4,8-9,11-14,18H,5-7,10,15-17H2,1H3,(H,23,25). The van der Waals surface area contributed by atoms with E-state index >= 15 is 0 Å². The van der Waals surface area contributed by atoms with Crippen LogP contribution in [0.5, 0.6) is 5.75 Å². The molecule has 1 atom stereocenters. The van der Waals surface area contributed by atoms with Crippen molar-refractivity contribution in [3.8, 4) is 5.75 Å². The van der Waals surface area contributed by atoms with Crippen molar-refractivity contribution in [1.29, 1.82) is 0 Å². The Bertz CT molecular complexity index is 898. The van der Waals surface area contributed by atoms with Crippen LogP contribution in [-0.2, 0) is 14.8 Å². The Morgan fingerprint density at radius 1 is 1.14 bits per heavy atom. The van der Waals surface area contributed by atoms with E-state index in [0.29, 0.717) is 44.1 Å². The zero-order valence-electron chi connectivity index (χ0n) is 16.7. The van der Waals surface area contributed by atoms with Crippen LogP contribution < -0.4 is 10.1 Å². The van der Waals surface area contributed by atoms with Gasteiger partial charge in [-0.15, -0.1) is 0 Å². The molecule has 6 nitrogen and oxygen atoms in total. The molecule has 1 N–H and O–H groups in total. The Labute approximate surface area is 172 Å². The smallest absolute Gasteiger partial charge is 0.243 e. The van der Waals surface area contributed by atoms with Crippen LogP contribution >= 0.6 is 0 Å². The second-order valence-corrected chi connectivity index (χ2v) is 9.39. The summed E-state index contributed by atoms with van der Waals surface area (Å²) in [5, 5.41) is 2.80. The molecule has 1 aliphatic rings. The van der Waals surface area contributed by atoms with Gasteiger partial charge in [-0.1, -0.05) is 25.1 Å². The number of carbonyl (C=O) groups is 1. The molecule has 1 saturated heterocycles. The van der Waals surface area contributed by atoms with Crippen LogP contribution in [0.4, 0.5) is 5.69 Å². The molecule has 0 aromatic heterocycles. The van der Waals surface area contributed by atoms with Crippen LogP contribution in [0.3, 0.4) is 0 Å². The minimum absolute atomic E-state index is 0.123. The van der Waals surface area contributed by atoms with E-state index in [2.05, 4.69) is 12.2 Å². The van der Waals surface area contributed by atoms with Crippen molar-refractivity contribution in [3.63, 3.8) is 0 Å². The predicted molar refractivity (Wildman–Crippen MR) is 113 cm³/mol. The molecule has 29 heavy (non-hydrogen) atoms. The Morgan fingerprint density at radius 2 is 1.86 bits per heavy atom. The van der Waals surface area contributed by atoms with E-state index in [-0.39, 0.29) is 10.8 Å². The normalized spacial score (nSPS) is 17.6. The number of benzene rings is 2. The summed E-state index contributed by atoms with van der Waals surface area (Å²) in [5.41, 5.74) is 0.588. The van der Waals surface area contributed by atoms with Crippen LogP contribution in [0.1, 0.15) is 32.6 Å². The lowest BCUT2D eigenvalue weighted by Crippen LogP contribution is -2.39. The van der Waals surface area contributed by atoms with Gasteiger partial charge in [-0.3, -0.25) is 4.79 Å². The zero-order chi connectivity index (χ0) is 20.7. The van der Waals surface area contributed by atoms with Crippen molar-refractivity contribution in [1.82, 2.24) is 4.31 Å². The Balaban J connectivity index is 1.47. The minimum atomic E-state index is -3.48. The van der Waals surface area contributed by atoms with Crippen LogP contribution in [0, 0.1) is 5.92 Å². The topological polar surface area (TPSA) is 75.7 Å². The number of para-hydroxylation sites is 1. The highest BCUT2D eigenvalue weighted by atomic mass is 32.2. The summed E-state index contributed by atoms with van der Waals surface area (Å²) < 4.78 is 32.7. The molecule has 1 aliphatic heterocycles. The van der Waals surface area contributed by atoms with Gasteiger partial charge in [0.25, 0.3) is 0 Å². The van der Waals surface area contributed by atoms with Crippen molar-refractivity contribution in [2.75, 3.05) is 25.0 Å². The predicted octanol–water partition coefficient (Wildman–Crippen LogP) is 3.90. The van der Waals surface area contributed by atoms with Gasteiger partial charge in [-0.25, -0.2) is 8.42 Å². The summed E-state index contributed by atoms with van der Waals surface area (Å²) in [6.07, 6.45) is 2.88. The first-order chi connectivity index (χ1) is 13.9. The summed E-state index contributed by atoms with van der Waals surface area (Å²) >= 11 is 0. The van der Waals surface area contributed by atoms with E-state index < -0.39 is 10.0 Å². The number of hydrogen-bond donors (Lipinski definition) is 1. The number of ether oxygens (including phenoxy) is 1. The van der Waals surface area contributed by atoms with Gasteiger partial charge in [0.15, 0.2) is 0 Å². The van der Waals surface area contributed by atoms with Gasteiger partial charge in [0.2, 0.25) is 15.9 Å². The minimum Gasteiger partial charge on any atom is -0.494 e. The number of amides is 1. The van der Waals surface area contributed by atoms with Crippen molar-refractivity contribution in [2.45, 2.75) is 37.5 Å². The summed E-state index contributed by atoms with van der Waals surface area (Å²) in [4.78, 5) is 12.4. The average Bonchev–Trinajstić information content (AvgIpc) is 2.72. The van der Waals surface area contributed by atoms with Gasteiger partial charge in [0.1, 0.15) is 5.75 Å². The highest BCUT2D eigenvalue weighted by Crippen LogP contribution is 2.24. The molecule has 0 aliphatic carbocycles. The van der Waals surface area contributed by atoms with E-state index in [9.17, 15) is 13.2 Å². The molecule has 7 heteroatoms. The highest BCUT2D eigenvalue weighted by Gasteiger charge is 2.28. The molecule has 156 valence electrons. The summed E-state index contributed by atoms with van der Waals surface area (Å²) in [6.45, 7) is 3.66. The fourth-order valence-corrected chi connectivity index (χ4v) is 4.99. The first-order valence-electron chi connectivity index (χ1n) is 10.0. The van der Waals surface area contributed by atoms with Gasteiger partial charge in [0, 0.05) is 25.2 Å². The molecular formula is C22H28N2O4S. The molecule has 0 spiro atoms. The molecule has 2 aromatic rings. The van der Waals surface area contributed by atoms with Gasteiger partial charge in [0.05, 0.1) is 11.5 Å². The fourth-order valence-electron chi connectivity index (χ4n) is 3.39. The van der Waals surface area contributed by atoms with E-state index in [4.69, 9.17) is 4.74 Å². The van der Waals surface area contributed by atoms with Crippen molar-refractivity contribution >= 4 is 21.6 Å². The van der Waals surface area contributed by atoms with Crippen LogP contribution in [0.2, 0.25) is 0 Å². The highest BCUT2D eigenvalue weighted by molar-refractivity contribution is 7.89. The Hall–Kier alpha value is -2.38. The van der Waals surface area contributed by atoms with Crippen LogP contribution in [-0.4, -0.2) is 38.3 Å². The van der Waals surface area contributed by atoms with Gasteiger partial charge < -0.3 is 10.1 Å². The van der Waals surface area contributed by atoms with Crippen LogP contribution in [0.25, 0.3) is 0 Å². The summed E-state index contributed by atoms with van der Waals surface area (Å²) in [5.74, 6) is 1.04. The second kappa shape index (κ2) is 9.89. The maximum absolute atomic E-state index is 12.8. The van der Waals surface area contributed by atoms with Crippen molar-refractivity contribution < 1.29 is 17.9 Å². The van der Waals surface area contributed by atoms with E-state index in [1.54, 1.807) is 28.6 Å². The Morgan fingerprint density at radius 3 is 2.55 bits per heavy atom. The van der Waals surface area contributed by atoms with E-state index in [1.807, 2.05) is 30.3 Å². The SMILES string of the molecule is CC1CCCN(S(=O)(=O)c2ccc(NC(=O)CCCOc3ccccc3)cc2)C1. The largest absolute Gasteiger partial charge is 0.494 e. The third kappa shape index (κ3) is 6.05. The molecule has 3 rings (SSSR count). The molecule has 0 radical (unpaired) electrons. The second-order valence-electron chi connectivity index (χ2n) is 7.45. The summed E-state index contributed by atoms with van der Waals surface area (Å²) in [7, 11) is -3.48. The number of rotatable bonds is 8. The third-order valence-electron chi connectivity index (χ3n) is 4.96. The molecule has 1 fully saturated rings. The number of hydrogen-bond acceptors (Lipinski definition) is 4. The Kier molecular flexibility index (Phi) is 7.28. The molecule has 0 saturated carbocycles. The number of piperidine rings is 1. The number of anilines is 1. The lowest BCUT2D eigenvalue weighted by Gasteiger charge is -2.30. The van der Waals surface area contributed by atoms with Gasteiger partial charge in [-0.2, -0.15) is 4.31 Å². The first-order valence-corrected chi connectivity index (χ1v) is 11.5.